The smallest absolute Gasteiger partial charge is 0.0853 e. The standard InChI is InChI=1S/C14H32N2.2BrH/c1-5-13(6-2)15-11-9-10-12-16-14(7-3)8-4;;/h13-16H,5-12H2,1-4H3;2*1H. The van der Waals surface area contributed by atoms with E-state index >= 15 is 0 Å². The molecule has 0 fully saturated rings. The van der Waals surface area contributed by atoms with Crippen molar-refractivity contribution in [3.8, 4) is 0 Å². The predicted molar refractivity (Wildman–Crippen MR) is 71.6 cm³/mol. The molecule has 18 heavy (non-hydrogen) atoms. The molecule has 0 aromatic rings. The average Bonchev–Trinajstić information content (AvgIpc) is 2.33. The van der Waals surface area contributed by atoms with Crippen LogP contribution < -0.4 is 44.6 Å². The van der Waals surface area contributed by atoms with E-state index in [1.54, 1.807) is 0 Å². The molecule has 4 heteroatoms. The summed E-state index contributed by atoms with van der Waals surface area (Å²) in [6.45, 7) is 11.8. The summed E-state index contributed by atoms with van der Waals surface area (Å²) in [7, 11) is 0. The summed E-state index contributed by atoms with van der Waals surface area (Å²) in [4.78, 5) is 0. The quantitative estimate of drug-likeness (QED) is 0.333. The van der Waals surface area contributed by atoms with Crippen molar-refractivity contribution in [1.82, 2.24) is 0 Å². The third-order valence-electron chi connectivity index (χ3n) is 3.76. The predicted octanol–water partition coefficient (Wildman–Crippen LogP) is -4.72. The van der Waals surface area contributed by atoms with Crippen LogP contribution in [-0.2, 0) is 0 Å². The summed E-state index contributed by atoms with van der Waals surface area (Å²) in [6, 6.07) is 1.73. The van der Waals surface area contributed by atoms with Crippen molar-refractivity contribution in [1.29, 1.82) is 0 Å². The maximum atomic E-state index is 2.54. The fourth-order valence-electron chi connectivity index (χ4n) is 2.24. The summed E-state index contributed by atoms with van der Waals surface area (Å²) < 4.78 is 0. The van der Waals surface area contributed by atoms with E-state index in [9.17, 15) is 0 Å². The maximum absolute atomic E-state index is 2.54. The molecule has 0 atom stereocenters. The molecular formula is C14H34Br2N2. The SMILES string of the molecule is CCC(CC)[NH2+]CCCC[NH2+]C(CC)CC.[Br-].[Br-]. The monoisotopic (exact) mass is 388 g/mol. The zero-order valence-electron chi connectivity index (χ0n) is 12.7. The van der Waals surface area contributed by atoms with Gasteiger partial charge in [0.1, 0.15) is 0 Å². The molecule has 0 aliphatic rings. The topological polar surface area (TPSA) is 33.2 Å². The molecule has 4 N–H and O–H groups in total. The van der Waals surface area contributed by atoms with E-state index in [1.807, 2.05) is 0 Å². The molecule has 0 heterocycles. The molecule has 0 saturated carbocycles. The average molecular weight is 390 g/mol. The van der Waals surface area contributed by atoms with Crippen molar-refractivity contribution in [2.45, 2.75) is 78.3 Å². The van der Waals surface area contributed by atoms with E-state index in [4.69, 9.17) is 0 Å². The van der Waals surface area contributed by atoms with Crippen LogP contribution in [0, 0.1) is 0 Å². The molecule has 0 bridgehead atoms. The van der Waals surface area contributed by atoms with E-state index in [0.717, 1.165) is 12.1 Å². The van der Waals surface area contributed by atoms with E-state index < -0.39 is 0 Å². The Hall–Kier alpha value is 0.880. The Morgan fingerprint density at radius 2 is 0.889 bits per heavy atom. The van der Waals surface area contributed by atoms with E-state index in [2.05, 4.69) is 38.3 Å². The lowest BCUT2D eigenvalue weighted by molar-refractivity contribution is -0.699. The summed E-state index contributed by atoms with van der Waals surface area (Å²) in [6.07, 6.45) is 8.03. The van der Waals surface area contributed by atoms with Crippen LogP contribution in [0.5, 0.6) is 0 Å². The van der Waals surface area contributed by atoms with Gasteiger partial charge >= 0.3 is 0 Å². The molecule has 2 nitrogen and oxygen atoms in total. The van der Waals surface area contributed by atoms with Gasteiger partial charge in [-0.25, -0.2) is 0 Å². The molecule has 0 aliphatic heterocycles. The zero-order valence-corrected chi connectivity index (χ0v) is 15.9. The second-order valence-corrected chi connectivity index (χ2v) is 4.91. The van der Waals surface area contributed by atoms with Gasteiger partial charge in [-0.15, -0.1) is 0 Å². The lowest BCUT2D eigenvalue weighted by Crippen LogP contribution is -3.00. The van der Waals surface area contributed by atoms with Crippen molar-refractivity contribution in [2.24, 2.45) is 0 Å². The molecule has 0 rings (SSSR count). The van der Waals surface area contributed by atoms with Crippen LogP contribution in [0.4, 0.5) is 0 Å². The van der Waals surface area contributed by atoms with Crippen LogP contribution in [0.25, 0.3) is 0 Å². The van der Waals surface area contributed by atoms with Gasteiger partial charge in [0.25, 0.3) is 0 Å². The minimum Gasteiger partial charge on any atom is -1.00 e. The van der Waals surface area contributed by atoms with Gasteiger partial charge < -0.3 is 44.6 Å². The van der Waals surface area contributed by atoms with Crippen LogP contribution in [-0.4, -0.2) is 25.2 Å². The molecule has 0 unspecified atom stereocenters. The number of hydrogen-bond donors (Lipinski definition) is 2. The van der Waals surface area contributed by atoms with Crippen LogP contribution >= 0.6 is 0 Å². The van der Waals surface area contributed by atoms with Gasteiger partial charge in [-0.1, -0.05) is 27.7 Å². The Morgan fingerprint density at radius 1 is 0.611 bits per heavy atom. The number of hydrogen-bond acceptors (Lipinski definition) is 0. The third-order valence-corrected chi connectivity index (χ3v) is 3.76. The van der Waals surface area contributed by atoms with Gasteiger partial charge in [0.2, 0.25) is 0 Å². The molecular weight excluding hydrogens is 356 g/mol. The van der Waals surface area contributed by atoms with Crippen LogP contribution in [0.15, 0.2) is 0 Å². The minimum absolute atomic E-state index is 0. The van der Waals surface area contributed by atoms with Crippen molar-refractivity contribution in [2.75, 3.05) is 13.1 Å². The summed E-state index contributed by atoms with van der Waals surface area (Å²) in [5, 5.41) is 5.08. The fourth-order valence-corrected chi connectivity index (χ4v) is 2.24. The lowest BCUT2D eigenvalue weighted by Gasteiger charge is -2.12. The summed E-state index contributed by atoms with van der Waals surface area (Å²) in [5.74, 6) is 0. The van der Waals surface area contributed by atoms with E-state index in [1.165, 1.54) is 51.6 Å². The van der Waals surface area contributed by atoms with Crippen molar-refractivity contribution in [3.63, 3.8) is 0 Å². The molecule has 0 saturated heterocycles. The zero-order chi connectivity index (χ0) is 12.2. The highest BCUT2D eigenvalue weighted by molar-refractivity contribution is 4.47. The second-order valence-electron chi connectivity index (χ2n) is 4.91. The summed E-state index contributed by atoms with van der Waals surface area (Å²) in [5.41, 5.74) is 0. The Labute approximate surface area is 136 Å². The number of nitrogens with two attached hydrogens (primary N) is 2. The molecule has 0 amide bonds. The highest BCUT2D eigenvalue weighted by atomic mass is 79.9. The first-order valence-electron chi connectivity index (χ1n) is 7.44. The molecule has 0 aromatic heterocycles. The molecule has 0 aromatic carbocycles. The van der Waals surface area contributed by atoms with Gasteiger partial charge in [-0.3, -0.25) is 0 Å². The van der Waals surface area contributed by atoms with Gasteiger partial charge in [-0.05, 0) is 25.7 Å². The van der Waals surface area contributed by atoms with Crippen molar-refractivity contribution in [3.05, 3.63) is 0 Å². The molecule has 0 radical (unpaired) electrons. The Morgan fingerprint density at radius 3 is 1.11 bits per heavy atom. The van der Waals surface area contributed by atoms with Gasteiger partial charge in [0.05, 0.1) is 25.2 Å². The molecule has 0 spiro atoms. The third kappa shape index (κ3) is 13.3. The Balaban J connectivity index is -0.00000112. The molecule has 0 aliphatic carbocycles. The molecule has 114 valence electrons. The Bertz CT molecular complexity index is 122. The minimum atomic E-state index is 0. The largest absolute Gasteiger partial charge is 1.00 e. The Kier molecular flexibility index (Phi) is 23.8. The number of halogens is 2. The second kappa shape index (κ2) is 17.9. The highest BCUT2D eigenvalue weighted by Crippen LogP contribution is 1.90. The van der Waals surface area contributed by atoms with Crippen LogP contribution in [0.2, 0.25) is 0 Å². The lowest BCUT2D eigenvalue weighted by atomic mass is 10.1. The number of unbranched alkanes of at least 4 members (excludes halogenated alkanes) is 1. The van der Waals surface area contributed by atoms with Crippen LogP contribution in [0.1, 0.15) is 66.2 Å². The number of rotatable bonds is 11. The van der Waals surface area contributed by atoms with Gasteiger partial charge in [-0.2, -0.15) is 0 Å². The highest BCUT2D eigenvalue weighted by Gasteiger charge is 2.06. The first kappa shape index (κ1) is 23.9. The van der Waals surface area contributed by atoms with Crippen molar-refractivity contribution < 1.29 is 44.6 Å². The van der Waals surface area contributed by atoms with E-state index in [0.29, 0.717) is 0 Å². The normalized spacial score (nSPS) is 10.3. The van der Waals surface area contributed by atoms with E-state index in [-0.39, 0.29) is 34.0 Å². The van der Waals surface area contributed by atoms with Gasteiger partial charge in [0.15, 0.2) is 0 Å². The first-order chi connectivity index (χ1) is 7.78. The van der Waals surface area contributed by atoms with Gasteiger partial charge in [0, 0.05) is 12.8 Å². The summed E-state index contributed by atoms with van der Waals surface area (Å²) >= 11 is 0. The van der Waals surface area contributed by atoms with Crippen molar-refractivity contribution >= 4 is 0 Å². The number of quaternary nitrogens is 2. The first-order valence-corrected chi connectivity index (χ1v) is 7.44. The van der Waals surface area contributed by atoms with Crippen LogP contribution in [0.3, 0.4) is 0 Å². The maximum Gasteiger partial charge on any atom is 0.0853 e. The fraction of sp³-hybridized carbons (Fsp3) is 1.00.